The van der Waals surface area contributed by atoms with Gasteiger partial charge in [0.15, 0.2) is 11.0 Å². The molecule has 4 nitrogen and oxygen atoms in total. The number of carbonyl (C=O) groups is 1. The molecule has 3 rings (SSSR count). The Balaban J connectivity index is 1.71. The lowest BCUT2D eigenvalue weighted by Crippen LogP contribution is -2.45. The summed E-state index contributed by atoms with van der Waals surface area (Å²) in [5, 5.41) is 12.7. The fourth-order valence-corrected chi connectivity index (χ4v) is 3.70. The molecule has 4 unspecified atom stereocenters. The van der Waals surface area contributed by atoms with E-state index in [0.717, 1.165) is 12.8 Å². The Morgan fingerprint density at radius 3 is 2.89 bits per heavy atom. The number of hydrogen-bond donors (Lipinski definition) is 2. The van der Waals surface area contributed by atoms with Crippen molar-refractivity contribution in [3.63, 3.8) is 0 Å². The summed E-state index contributed by atoms with van der Waals surface area (Å²) in [7, 11) is 0. The molecule has 1 aromatic rings. The summed E-state index contributed by atoms with van der Waals surface area (Å²) in [6, 6.07) is 3.20. The van der Waals surface area contributed by atoms with Gasteiger partial charge in [0.25, 0.3) is 5.91 Å². The van der Waals surface area contributed by atoms with Gasteiger partial charge in [0.2, 0.25) is 0 Å². The molecule has 2 bridgehead atoms. The third-order valence-electron chi connectivity index (χ3n) is 4.39. The highest BCUT2D eigenvalue weighted by atomic mass is 35.5. The van der Waals surface area contributed by atoms with Crippen LogP contribution in [0, 0.1) is 17.8 Å². The molecule has 2 N–H and O–H groups in total. The van der Waals surface area contributed by atoms with Crippen LogP contribution in [-0.2, 0) is 0 Å². The maximum absolute atomic E-state index is 12.0. The zero-order valence-corrected chi connectivity index (χ0v) is 10.7. The fourth-order valence-electron chi connectivity index (χ4n) is 3.56. The van der Waals surface area contributed by atoms with Gasteiger partial charge in [-0.3, -0.25) is 4.79 Å². The zero-order chi connectivity index (χ0) is 12.7. The Bertz CT molecular complexity index is 459. The Hall–Kier alpha value is -1.00. The van der Waals surface area contributed by atoms with Crippen molar-refractivity contribution >= 4 is 17.5 Å². The molecule has 0 aliphatic heterocycles. The summed E-state index contributed by atoms with van der Waals surface area (Å²) in [6.07, 6.45) is 3.44. The molecule has 0 spiro atoms. The van der Waals surface area contributed by atoms with E-state index in [2.05, 4.69) is 5.32 Å². The molecular formula is C13H16ClNO3. The molecule has 2 aliphatic carbocycles. The van der Waals surface area contributed by atoms with Gasteiger partial charge in [-0.15, -0.1) is 0 Å². The van der Waals surface area contributed by atoms with Crippen LogP contribution in [-0.4, -0.2) is 23.7 Å². The van der Waals surface area contributed by atoms with E-state index in [0.29, 0.717) is 11.8 Å². The van der Waals surface area contributed by atoms with E-state index in [1.165, 1.54) is 6.42 Å². The van der Waals surface area contributed by atoms with E-state index in [9.17, 15) is 9.90 Å². The molecule has 2 saturated carbocycles. The lowest BCUT2D eigenvalue weighted by atomic mass is 9.85. The van der Waals surface area contributed by atoms with Crippen molar-refractivity contribution < 1.29 is 14.3 Å². The summed E-state index contributed by atoms with van der Waals surface area (Å²) in [6.45, 7) is 0.144. The first-order valence-corrected chi connectivity index (χ1v) is 6.74. The predicted molar refractivity (Wildman–Crippen MR) is 66.4 cm³/mol. The highest BCUT2D eigenvalue weighted by molar-refractivity contribution is 6.29. The maximum atomic E-state index is 12.0. The Labute approximate surface area is 110 Å². The largest absolute Gasteiger partial charge is 0.440 e. The summed E-state index contributed by atoms with van der Waals surface area (Å²) in [4.78, 5) is 12.0. The van der Waals surface area contributed by atoms with Gasteiger partial charge in [0.1, 0.15) is 0 Å². The van der Waals surface area contributed by atoms with Crippen molar-refractivity contribution in [1.82, 2.24) is 5.32 Å². The van der Waals surface area contributed by atoms with E-state index in [1.807, 2.05) is 0 Å². The Kier molecular flexibility index (Phi) is 3.08. The van der Waals surface area contributed by atoms with Crippen molar-refractivity contribution in [2.75, 3.05) is 6.61 Å². The number of rotatable bonds is 3. The molecule has 0 saturated heterocycles. The van der Waals surface area contributed by atoms with Gasteiger partial charge in [-0.1, -0.05) is 0 Å². The number of halogens is 1. The minimum Gasteiger partial charge on any atom is -0.440 e. The minimum atomic E-state index is -0.238. The highest BCUT2D eigenvalue weighted by Crippen LogP contribution is 2.48. The van der Waals surface area contributed by atoms with Crippen molar-refractivity contribution in [2.45, 2.75) is 25.3 Å². The van der Waals surface area contributed by atoms with Gasteiger partial charge in [0, 0.05) is 18.6 Å². The average Bonchev–Trinajstić information content (AvgIpc) is 3.03. The first-order chi connectivity index (χ1) is 8.69. The predicted octanol–water partition coefficient (Wildman–Crippen LogP) is 2.07. The second kappa shape index (κ2) is 4.59. The van der Waals surface area contributed by atoms with E-state index in [1.54, 1.807) is 12.1 Å². The van der Waals surface area contributed by atoms with Gasteiger partial charge < -0.3 is 14.8 Å². The fraction of sp³-hybridized carbons (Fsp3) is 0.615. The molecule has 1 heterocycles. The molecule has 0 aromatic carbocycles. The summed E-state index contributed by atoms with van der Waals surface area (Å²) < 4.78 is 5.10. The lowest BCUT2D eigenvalue weighted by Gasteiger charge is -2.30. The molecule has 5 heteroatoms. The van der Waals surface area contributed by atoms with E-state index in [-0.39, 0.29) is 35.5 Å². The van der Waals surface area contributed by atoms with Crippen LogP contribution in [0.4, 0.5) is 0 Å². The number of furan rings is 1. The molecule has 1 aromatic heterocycles. The number of carbonyl (C=O) groups excluding carboxylic acids is 1. The number of hydrogen-bond acceptors (Lipinski definition) is 3. The third kappa shape index (κ3) is 1.93. The van der Waals surface area contributed by atoms with Crippen LogP contribution in [0.3, 0.4) is 0 Å². The van der Waals surface area contributed by atoms with Gasteiger partial charge >= 0.3 is 0 Å². The molecule has 18 heavy (non-hydrogen) atoms. The van der Waals surface area contributed by atoms with Gasteiger partial charge in [-0.2, -0.15) is 0 Å². The van der Waals surface area contributed by atoms with Crippen LogP contribution in [0.15, 0.2) is 16.5 Å². The second-order valence-electron chi connectivity index (χ2n) is 5.28. The molecule has 2 fully saturated rings. The van der Waals surface area contributed by atoms with E-state index in [4.69, 9.17) is 16.0 Å². The maximum Gasteiger partial charge on any atom is 0.287 e. The SMILES string of the molecule is O=C(NC1C2CCC(C2)C1CO)c1ccc(Cl)o1. The number of nitrogens with one attached hydrogen (secondary N) is 1. The summed E-state index contributed by atoms with van der Waals surface area (Å²) in [5.41, 5.74) is 0. The monoisotopic (exact) mass is 269 g/mol. The Morgan fingerprint density at radius 1 is 1.44 bits per heavy atom. The molecular weight excluding hydrogens is 254 g/mol. The molecule has 0 radical (unpaired) electrons. The van der Waals surface area contributed by atoms with Crippen LogP contribution >= 0.6 is 11.6 Å². The average molecular weight is 270 g/mol. The molecule has 98 valence electrons. The number of fused-ring (bicyclic) bond motifs is 2. The molecule has 2 aliphatic rings. The highest BCUT2D eigenvalue weighted by Gasteiger charge is 2.47. The van der Waals surface area contributed by atoms with E-state index < -0.39 is 0 Å². The van der Waals surface area contributed by atoms with Gasteiger partial charge in [-0.05, 0) is 54.8 Å². The molecule has 1 amide bonds. The van der Waals surface area contributed by atoms with Crippen molar-refractivity contribution in [2.24, 2.45) is 17.8 Å². The first-order valence-electron chi connectivity index (χ1n) is 6.36. The smallest absolute Gasteiger partial charge is 0.287 e. The van der Waals surface area contributed by atoms with E-state index >= 15 is 0 Å². The molecule has 4 atom stereocenters. The quantitative estimate of drug-likeness (QED) is 0.883. The second-order valence-corrected chi connectivity index (χ2v) is 5.66. The zero-order valence-electron chi connectivity index (χ0n) is 9.93. The number of aliphatic hydroxyl groups excluding tert-OH is 1. The Morgan fingerprint density at radius 2 is 2.22 bits per heavy atom. The van der Waals surface area contributed by atoms with Crippen LogP contribution in [0.5, 0.6) is 0 Å². The van der Waals surface area contributed by atoms with Crippen LogP contribution in [0.1, 0.15) is 29.8 Å². The first kappa shape index (κ1) is 12.1. The summed E-state index contributed by atoms with van der Waals surface area (Å²) >= 11 is 5.65. The minimum absolute atomic E-state index is 0.0742. The van der Waals surface area contributed by atoms with Crippen LogP contribution in [0.2, 0.25) is 5.22 Å². The normalized spacial score (nSPS) is 33.9. The van der Waals surface area contributed by atoms with Crippen LogP contribution < -0.4 is 5.32 Å². The lowest BCUT2D eigenvalue weighted by molar-refractivity contribution is 0.0834. The number of aliphatic hydroxyl groups is 1. The van der Waals surface area contributed by atoms with Gasteiger partial charge in [-0.25, -0.2) is 0 Å². The third-order valence-corrected chi connectivity index (χ3v) is 4.60. The van der Waals surface area contributed by atoms with Gasteiger partial charge in [0.05, 0.1) is 0 Å². The topological polar surface area (TPSA) is 62.5 Å². The standard InChI is InChI=1S/C13H16ClNO3/c14-11-4-3-10(18-11)13(17)15-12-8-2-1-7(5-8)9(12)6-16/h3-4,7-9,12,16H,1-2,5-6H2,(H,15,17). The number of amides is 1. The van der Waals surface area contributed by atoms with Crippen molar-refractivity contribution in [1.29, 1.82) is 0 Å². The van der Waals surface area contributed by atoms with Crippen molar-refractivity contribution in [3.05, 3.63) is 23.1 Å². The van der Waals surface area contributed by atoms with Crippen LogP contribution in [0.25, 0.3) is 0 Å². The van der Waals surface area contributed by atoms with Crippen molar-refractivity contribution in [3.8, 4) is 0 Å². The summed E-state index contributed by atoms with van der Waals surface area (Å²) in [5.74, 6) is 1.25.